The summed E-state index contributed by atoms with van der Waals surface area (Å²) in [5, 5.41) is 8.78. The zero-order valence-electron chi connectivity index (χ0n) is 27.5. The van der Waals surface area contributed by atoms with E-state index in [1.807, 2.05) is 90.1 Å². The van der Waals surface area contributed by atoms with Crippen molar-refractivity contribution < 1.29 is 13.9 Å². The maximum absolute atomic E-state index is 14.0. The van der Waals surface area contributed by atoms with Crippen LogP contribution in [0, 0.1) is 23.7 Å². The number of nitriles is 1. The Morgan fingerprint density at radius 1 is 1.21 bits per heavy atom. The van der Waals surface area contributed by atoms with Gasteiger partial charge < -0.3 is 9.64 Å². The van der Waals surface area contributed by atoms with Gasteiger partial charge in [-0.05, 0) is 87.2 Å². The monoisotopic (exact) mass is 590 g/mol. The molecule has 6 nitrogen and oxygen atoms in total. The third-order valence-electron chi connectivity index (χ3n) is 7.09. The molecule has 1 amide bonds. The Labute approximate surface area is 259 Å². The van der Waals surface area contributed by atoms with Gasteiger partial charge in [0.15, 0.2) is 6.61 Å². The molecule has 2 aromatic rings. The lowest BCUT2D eigenvalue weighted by atomic mass is 9.95. The van der Waals surface area contributed by atoms with E-state index in [0.29, 0.717) is 30.3 Å². The number of benzene rings is 2. The molecule has 0 aliphatic carbocycles. The van der Waals surface area contributed by atoms with Crippen molar-refractivity contribution in [2.24, 2.45) is 10.4 Å². The lowest BCUT2D eigenvalue weighted by molar-refractivity contribution is 0.0646. The molecule has 0 N–H and O–H groups in total. The lowest BCUT2D eigenvalue weighted by Gasteiger charge is -2.30. The van der Waals surface area contributed by atoms with Crippen LogP contribution in [-0.4, -0.2) is 66.9 Å². The molecule has 1 aliphatic rings. The predicted molar refractivity (Wildman–Crippen MR) is 176 cm³/mol. The van der Waals surface area contributed by atoms with Crippen LogP contribution in [0.1, 0.15) is 82.3 Å². The van der Waals surface area contributed by atoms with Gasteiger partial charge in [0.2, 0.25) is 0 Å². The average molecular weight is 591 g/mol. The number of aryl methyl sites for hydroxylation is 1. The smallest absolute Gasteiger partial charge is 0.254 e. The summed E-state index contributed by atoms with van der Waals surface area (Å²) in [4.78, 5) is 22.6. The summed E-state index contributed by atoms with van der Waals surface area (Å²) >= 11 is 0. The number of halogens is 1. The van der Waals surface area contributed by atoms with Crippen LogP contribution in [0.25, 0.3) is 0 Å². The van der Waals surface area contributed by atoms with E-state index in [0.717, 1.165) is 35.5 Å². The number of carbonyl (C=O) groups is 1. The van der Waals surface area contributed by atoms with Crippen molar-refractivity contribution in [2.75, 3.05) is 33.3 Å². The number of piperidine rings is 1. The third kappa shape index (κ3) is 12.3. The highest BCUT2D eigenvalue weighted by molar-refractivity contribution is 5.99. The molecule has 3 rings (SSSR count). The maximum Gasteiger partial charge on any atom is 0.254 e. The third-order valence-corrected chi connectivity index (χ3v) is 7.09. The summed E-state index contributed by atoms with van der Waals surface area (Å²) in [5.74, 6) is 0.465. The Kier molecular flexibility index (Phi) is 14.6. The van der Waals surface area contributed by atoms with Gasteiger partial charge in [-0.3, -0.25) is 14.7 Å². The standard InChI is InChI=1S/C34H45FN4O2.C2H6/c1-25-10-13-28(33(40)39(23-26(2)35)24-34(3,4)5)22-32(25)37-29(14-15-30-9-7-8-19-38(30)6)21-27-11-16-31(17-12-27)41-20-18-36;1-2/h10-17,22,26,30H,7-9,19-21,23-24H2,1-6H3;1-2H3/b15-14+,37-29?;. The fraction of sp³-hybridized carbons (Fsp3) is 0.528. The predicted octanol–water partition coefficient (Wildman–Crippen LogP) is 8.13. The number of nitrogens with zero attached hydrogens (tertiary/aromatic N) is 4. The van der Waals surface area contributed by atoms with Crippen LogP contribution in [0.3, 0.4) is 0 Å². The molecule has 0 bridgehead atoms. The van der Waals surface area contributed by atoms with Crippen molar-refractivity contribution in [3.8, 4) is 11.8 Å². The zero-order valence-corrected chi connectivity index (χ0v) is 27.5. The van der Waals surface area contributed by atoms with E-state index in [1.54, 1.807) is 4.90 Å². The molecule has 2 unspecified atom stereocenters. The molecular weight excluding hydrogens is 539 g/mol. The van der Waals surface area contributed by atoms with Crippen LogP contribution in [-0.2, 0) is 6.42 Å². The maximum atomic E-state index is 14.0. The van der Waals surface area contributed by atoms with Crippen LogP contribution < -0.4 is 4.74 Å². The van der Waals surface area contributed by atoms with E-state index in [9.17, 15) is 9.18 Å². The molecule has 1 fully saturated rings. The second-order valence-electron chi connectivity index (χ2n) is 12.3. The molecule has 1 heterocycles. The molecule has 2 atom stereocenters. The number of ether oxygens (including phenoxy) is 1. The number of rotatable bonds is 11. The number of amides is 1. The van der Waals surface area contributed by atoms with Crippen LogP contribution >= 0.6 is 0 Å². The van der Waals surface area contributed by atoms with Crippen molar-refractivity contribution in [1.29, 1.82) is 5.26 Å². The molecule has 7 heteroatoms. The van der Waals surface area contributed by atoms with E-state index >= 15 is 0 Å². The van der Waals surface area contributed by atoms with Gasteiger partial charge in [0.05, 0.1) is 12.2 Å². The summed E-state index contributed by atoms with van der Waals surface area (Å²) in [6.07, 6.45) is 7.37. The number of carbonyl (C=O) groups excluding carboxylic acids is 1. The number of aliphatic imine (C=N–C) groups is 1. The van der Waals surface area contributed by atoms with Gasteiger partial charge in [0.1, 0.15) is 18.0 Å². The number of alkyl halides is 1. The minimum Gasteiger partial charge on any atom is -0.479 e. The van der Waals surface area contributed by atoms with E-state index in [-0.39, 0.29) is 24.5 Å². The first-order valence-electron chi connectivity index (χ1n) is 15.5. The summed E-state index contributed by atoms with van der Waals surface area (Å²) in [7, 11) is 2.16. The highest BCUT2D eigenvalue weighted by Crippen LogP contribution is 2.25. The topological polar surface area (TPSA) is 68.9 Å². The minimum atomic E-state index is -1.12. The first-order valence-corrected chi connectivity index (χ1v) is 15.5. The zero-order chi connectivity index (χ0) is 32.0. The fourth-order valence-corrected chi connectivity index (χ4v) is 5.03. The van der Waals surface area contributed by atoms with E-state index in [1.165, 1.54) is 19.8 Å². The van der Waals surface area contributed by atoms with Crippen molar-refractivity contribution in [1.82, 2.24) is 9.80 Å². The van der Waals surface area contributed by atoms with Gasteiger partial charge in [-0.1, -0.05) is 65.3 Å². The minimum absolute atomic E-state index is 0.00938. The van der Waals surface area contributed by atoms with Crippen LogP contribution in [0.4, 0.5) is 10.1 Å². The van der Waals surface area contributed by atoms with Gasteiger partial charge in [-0.25, -0.2) is 4.39 Å². The van der Waals surface area contributed by atoms with Crippen LogP contribution in [0.5, 0.6) is 5.75 Å². The van der Waals surface area contributed by atoms with E-state index in [2.05, 4.69) is 24.1 Å². The van der Waals surface area contributed by atoms with Crippen LogP contribution in [0.15, 0.2) is 59.6 Å². The summed E-state index contributed by atoms with van der Waals surface area (Å²) in [6.45, 7) is 15.2. The van der Waals surface area contributed by atoms with Gasteiger partial charge in [0.25, 0.3) is 5.91 Å². The summed E-state index contributed by atoms with van der Waals surface area (Å²) in [6, 6.07) is 15.6. The molecule has 0 aromatic heterocycles. The highest BCUT2D eigenvalue weighted by atomic mass is 19.1. The fourth-order valence-electron chi connectivity index (χ4n) is 5.03. The van der Waals surface area contributed by atoms with E-state index < -0.39 is 6.17 Å². The summed E-state index contributed by atoms with van der Waals surface area (Å²) in [5.41, 5.74) is 3.98. The quantitative estimate of drug-likeness (QED) is 0.248. The average Bonchev–Trinajstić information content (AvgIpc) is 2.96. The van der Waals surface area contributed by atoms with Gasteiger partial charge in [-0.15, -0.1) is 0 Å². The number of hydrogen-bond acceptors (Lipinski definition) is 5. The molecule has 0 radical (unpaired) electrons. The van der Waals surface area contributed by atoms with Crippen LogP contribution in [0.2, 0.25) is 0 Å². The number of hydrogen-bond donors (Lipinski definition) is 0. The Bertz CT molecular complexity index is 1260. The Hall–Kier alpha value is -3.50. The van der Waals surface area contributed by atoms with E-state index in [4.69, 9.17) is 15.0 Å². The first-order chi connectivity index (χ1) is 20.4. The Balaban J connectivity index is 0.00000316. The molecule has 2 aromatic carbocycles. The second kappa shape index (κ2) is 17.6. The molecular formula is C36H51FN4O2. The number of likely N-dealkylation sites (N-methyl/N-ethyl adjacent to an activating group) is 1. The Morgan fingerprint density at radius 3 is 2.51 bits per heavy atom. The van der Waals surface area contributed by atoms with Crippen molar-refractivity contribution >= 4 is 17.3 Å². The van der Waals surface area contributed by atoms with Gasteiger partial charge in [0, 0.05) is 30.3 Å². The summed E-state index contributed by atoms with van der Waals surface area (Å²) < 4.78 is 19.4. The Morgan fingerprint density at radius 2 is 1.91 bits per heavy atom. The molecule has 0 saturated carbocycles. The first kappa shape index (κ1) is 35.7. The van der Waals surface area contributed by atoms with Crippen molar-refractivity contribution in [2.45, 2.75) is 86.4 Å². The molecule has 43 heavy (non-hydrogen) atoms. The van der Waals surface area contributed by atoms with Gasteiger partial charge in [-0.2, -0.15) is 5.26 Å². The molecule has 1 aliphatic heterocycles. The molecule has 0 spiro atoms. The largest absolute Gasteiger partial charge is 0.479 e. The normalized spacial score (nSPS) is 16.7. The van der Waals surface area contributed by atoms with Gasteiger partial charge >= 0.3 is 0 Å². The molecule has 234 valence electrons. The second-order valence-corrected chi connectivity index (χ2v) is 12.3. The lowest BCUT2D eigenvalue weighted by Crippen LogP contribution is -2.40. The SMILES string of the molecule is CC.Cc1ccc(C(=O)N(CC(C)F)CC(C)(C)C)cc1N=C(/C=C/C1CCCCN1C)Cc1ccc(OCC#N)cc1. The molecule has 1 saturated heterocycles. The number of allylic oxidation sites excluding steroid dienone is 1. The van der Waals surface area contributed by atoms with Crippen molar-refractivity contribution in [3.05, 3.63) is 71.3 Å². The number of likely N-dealkylation sites (tertiary alicyclic amines) is 1. The van der Waals surface area contributed by atoms with Crippen molar-refractivity contribution in [3.63, 3.8) is 0 Å². The highest BCUT2D eigenvalue weighted by Gasteiger charge is 2.24.